The highest BCUT2D eigenvalue weighted by molar-refractivity contribution is 5.68. The number of benzene rings is 1. The molecule has 0 amide bonds. The van der Waals surface area contributed by atoms with Gasteiger partial charge < -0.3 is 15.3 Å². The van der Waals surface area contributed by atoms with Crippen LogP contribution < -0.4 is 0 Å². The lowest BCUT2D eigenvalue weighted by atomic mass is 10.2. The van der Waals surface area contributed by atoms with E-state index >= 15 is 0 Å². The molecule has 0 aliphatic rings. The van der Waals surface area contributed by atoms with Gasteiger partial charge in [-0.1, -0.05) is 18.2 Å². The van der Waals surface area contributed by atoms with Crippen LogP contribution >= 0.6 is 0 Å². The third-order valence-corrected chi connectivity index (χ3v) is 1.71. The first kappa shape index (κ1) is 10.8. The molecule has 3 N–H and O–H groups in total. The van der Waals surface area contributed by atoms with E-state index in [0.717, 1.165) is 0 Å². The highest BCUT2D eigenvalue weighted by atomic mass is 16.4. The van der Waals surface area contributed by atoms with Crippen molar-refractivity contribution in [3.63, 3.8) is 0 Å². The van der Waals surface area contributed by atoms with Gasteiger partial charge in [0, 0.05) is 6.21 Å². The molecule has 0 aliphatic carbocycles. The number of hydrogen-bond donors (Lipinski definition) is 3. The Bertz CT molecular complexity index is 287. The minimum absolute atomic E-state index is 0.484. The van der Waals surface area contributed by atoms with Crippen molar-refractivity contribution in [2.75, 3.05) is 6.61 Å². The Morgan fingerprint density at radius 3 is 2.43 bits per heavy atom. The van der Waals surface area contributed by atoms with E-state index in [9.17, 15) is 5.11 Å². The van der Waals surface area contributed by atoms with Crippen LogP contribution in [0.25, 0.3) is 0 Å². The maximum atomic E-state index is 9.22. The third kappa shape index (κ3) is 3.26. The molecule has 4 nitrogen and oxygen atoms in total. The Hall–Kier alpha value is -1.23. The van der Waals surface area contributed by atoms with E-state index in [0.29, 0.717) is 5.69 Å². The fraction of sp³-hybridized carbons (Fsp3) is 0.300. The first-order valence-electron chi connectivity index (χ1n) is 4.30. The number of aliphatic hydroxyl groups excluding tert-OH is 3. The molecule has 1 aromatic carbocycles. The lowest BCUT2D eigenvalue weighted by Crippen LogP contribution is -2.30. The van der Waals surface area contributed by atoms with Crippen LogP contribution in [0.1, 0.15) is 0 Å². The Labute approximate surface area is 82.2 Å². The highest BCUT2D eigenvalue weighted by Gasteiger charge is 2.11. The molecule has 0 saturated carbocycles. The van der Waals surface area contributed by atoms with Crippen LogP contribution in [0.4, 0.5) is 5.69 Å². The van der Waals surface area contributed by atoms with Gasteiger partial charge in [0.25, 0.3) is 0 Å². The van der Waals surface area contributed by atoms with Crippen LogP contribution in [0.3, 0.4) is 0 Å². The van der Waals surface area contributed by atoms with Crippen LogP contribution in [0.15, 0.2) is 35.3 Å². The summed E-state index contributed by atoms with van der Waals surface area (Å²) in [5.74, 6) is 0. The van der Waals surface area contributed by atoms with E-state index in [1.54, 1.807) is 12.1 Å². The predicted octanol–water partition coefficient (Wildman–Crippen LogP) is 0.103. The molecule has 76 valence electrons. The fourth-order valence-corrected chi connectivity index (χ4v) is 0.884. The number of hydrogen-bond acceptors (Lipinski definition) is 4. The number of nitrogens with zero attached hydrogens (tertiary/aromatic N) is 1. The second-order valence-electron chi connectivity index (χ2n) is 2.85. The summed E-state index contributed by atoms with van der Waals surface area (Å²) in [7, 11) is 0. The highest BCUT2D eigenvalue weighted by Crippen LogP contribution is 2.08. The van der Waals surface area contributed by atoms with Crippen LogP contribution in [-0.2, 0) is 0 Å². The van der Waals surface area contributed by atoms with Crippen molar-refractivity contribution >= 4 is 11.9 Å². The van der Waals surface area contributed by atoms with E-state index in [-0.39, 0.29) is 0 Å². The molecule has 0 radical (unpaired) electrons. The number of para-hydroxylation sites is 1. The monoisotopic (exact) mass is 195 g/mol. The second-order valence-corrected chi connectivity index (χ2v) is 2.85. The van der Waals surface area contributed by atoms with Crippen LogP contribution in [-0.4, -0.2) is 40.3 Å². The zero-order valence-corrected chi connectivity index (χ0v) is 7.61. The summed E-state index contributed by atoms with van der Waals surface area (Å²) in [6.45, 7) is -0.484. The summed E-state index contributed by atoms with van der Waals surface area (Å²) in [5.41, 5.74) is 0.691. The summed E-state index contributed by atoms with van der Waals surface area (Å²) in [6, 6.07) is 9.05. The van der Waals surface area contributed by atoms with Gasteiger partial charge in [-0.05, 0) is 12.1 Å². The van der Waals surface area contributed by atoms with Crippen LogP contribution in [0.5, 0.6) is 0 Å². The van der Waals surface area contributed by atoms with Gasteiger partial charge in [0.15, 0.2) is 0 Å². The molecule has 0 heterocycles. The quantitative estimate of drug-likeness (QED) is 0.597. The molecule has 0 spiro atoms. The Kier molecular flexibility index (Phi) is 4.25. The maximum absolute atomic E-state index is 9.22. The molecule has 4 heteroatoms. The molecule has 0 aliphatic heterocycles. The molecule has 14 heavy (non-hydrogen) atoms. The van der Waals surface area contributed by atoms with Gasteiger partial charge in [0.1, 0.15) is 12.2 Å². The lowest BCUT2D eigenvalue weighted by Gasteiger charge is -2.09. The van der Waals surface area contributed by atoms with Crippen molar-refractivity contribution in [1.82, 2.24) is 0 Å². The van der Waals surface area contributed by atoms with Gasteiger partial charge >= 0.3 is 0 Å². The smallest absolute Gasteiger partial charge is 0.117 e. The molecule has 1 aromatic rings. The molecule has 0 saturated heterocycles. The predicted molar refractivity (Wildman–Crippen MR) is 53.7 cm³/mol. The van der Waals surface area contributed by atoms with Gasteiger partial charge in [-0.25, -0.2) is 0 Å². The van der Waals surface area contributed by atoms with Gasteiger partial charge in [-0.2, -0.15) is 0 Å². The first-order valence-corrected chi connectivity index (χ1v) is 4.30. The normalized spacial score (nSPS) is 15.6. The standard InChI is InChI=1S/C10H13NO3/c12-7-10(14)9(13)6-11-8-4-2-1-3-5-8/h1-6,9-10,12-14H,7H2. The molecule has 0 bridgehead atoms. The Morgan fingerprint density at radius 2 is 1.86 bits per heavy atom. The Morgan fingerprint density at radius 1 is 1.21 bits per heavy atom. The summed E-state index contributed by atoms with van der Waals surface area (Å²) < 4.78 is 0. The zero-order chi connectivity index (χ0) is 10.4. The van der Waals surface area contributed by atoms with E-state index in [1.807, 2.05) is 18.2 Å². The van der Waals surface area contributed by atoms with E-state index in [1.165, 1.54) is 6.21 Å². The SMILES string of the molecule is OCC(O)C(O)C=Nc1ccccc1. The molecule has 2 unspecified atom stereocenters. The van der Waals surface area contributed by atoms with Crippen molar-refractivity contribution in [1.29, 1.82) is 0 Å². The molecular weight excluding hydrogens is 182 g/mol. The van der Waals surface area contributed by atoms with Gasteiger partial charge in [0.05, 0.1) is 12.3 Å². The summed E-state index contributed by atoms with van der Waals surface area (Å²) in [6.07, 6.45) is -1.11. The van der Waals surface area contributed by atoms with E-state index < -0.39 is 18.8 Å². The molecule has 2 atom stereocenters. The molecular formula is C10H13NO3. The molecule has 0 aromatic heterocycles. The fourth-order valence-electron chi connectivity index (χ4n) is 0.884. The zero-order valence-electron chi connectivity index (χ0n) is 7.61. The summed E-state index contributed by atoms with van der Waals surface area (Å²) >= 11 is 0. The number of rotatable bonds is 4. The van der Waals surface area contributed by atoms with Crippen molar-refractivity contribution in [3.05, 3.63) is 30.3 Å². The maximum Gasteiger partial charge on any atom is 0.117 e. The Balaban J connectivity index is 2.56. The van der Waals surface area contributed by atoms with Gasteiger partial charge in [-0.3, -0.25) is 4.99 Å². The second kappa shape index (κ2) is 5.49. The first-order chi connectivity index (χ1) is 6.74. The molecule has 0 fully saturated rings. The average molecular weight is 195 g/mol. The minimum Gasteiger partial charge on any atom is -0.394 e. The van der Waals surface area contributed by atoms with Crippen molar-refractivity contribution in [3.8, 4) is 0 Å². The van der Waals surface area contributed by atoms with E-state index in [2.05, 4.69) is 4.99 Å². The largest absolute Gasteiger partial charge is 0.394 e. The van der Waals surface area contributed by atoms with Crippen molar-refractivity contribution in [2.45, 2.75) is 12.2 Å². The topological polar surface area (TPSA) is 73.0 Å². The van der Waals surface area contributed by atoms with Crippen molar-refractivity contribution in [2.24, 2.45) is 4.99 Å². The number of aliphatic hydroxyl groups is 3. The van der Waals surface area contributed by atoms with Crippen molar-refractivity contribution < 1.29 is 15.3 Å². The van der Waals surface area contributed by atoms with Crippen LogP contribution in [0.2, 0.25) is 0 Å². The summed E-state index contributed by atoms with van der Waals surface area (Å²) in [5, 5.41) is 26.8. The summed E-state index contributed by atoms with van der Waals surface area (Å²) in [4.78, 5) is 3.93. The van der Waals surface area contributed by atoms with Gasteiger partial charge in [-0.15, -0.1) is 0 Å². The lowest BCUT2D eigenvalue weighted by molar-refractivity contribution is 0.0205. The van der Waals surface area contributed by atoms with E-state index in [4.69, 9.17) is 10.2 Å². The average Bonchev–Trinajstić information content (AvgIpc) is 2.26. The molecule has 1 rings (SSSR count). The van der Waals surface area contributed by atoms with Gasteiger partial charge in [0.2, 0.25) is 0 Å². The van der Waals surface area contributed by atoms with Crippen LogP contribution in [0, 0.1) is 0 Å². The number of aliphatic imine (C=N–C) groups is 1. The minimum atomic E-state index is -1.18. The third-order valence-electron chi connectivity index (χ3n) is 1.71.